The van der Waals surface area contributed by atoms with Crippen LogP contribution in [0.25, 0.3) is 0 Å². The molecule has 3 amide bonds. The number of alkyl carbamates (subject to hydrolysis) is 1. The van der Waals surface area contributed by atoms with Crippen LogP contribution in [0.1, 0.15) is 38.2 Å². The number of nitrogens with one attached hydrogen (secondary N) is 3. The maximum Gasteiger partial charge on any atom is 0.407 e. The molecule has 4 N–H and O–H groups in total. The van der Waals surface area contributed by atoms with E-state index in [1.807, 2.05) is 37.3 Å². The minimum Gasteiger partial charge on any atom is -0.445 e. The van der Waals surface area contributed by atoms with Crippen LogP contribution in [0.4, 0.5) is 4.79 Å². The summed E-state index contributed by atoms with van der Waals surface area (Å²) in [6.45, 7) is 1.97. The normalized spacial score (nSPS) is 23.4. The van der Waals surface area contributed by atoms with Gasteiger partial charge >= 0.3 is 6.09 Å². The first kappa shape index (κ1) is 20.1. The standard InChI is InChI=1S/C20H27N3O5/c1-12-9-14(18(25)21-12)10-16(17(24)19(26)22-15-7-8-15)23-20(27)28-11-13-5-3-2-4-6-13/h2-6,12,14-17,24H,7-11H2,1H3,(H,21,25)(H,22,26)(H,23,27)/t12-,14+,16+,17?/m1/s1. The number of benzene rings is 1. The van der Waals surface area contributed by atoms with Crippen LogP contribution in [0.2, 0.25) is 0 Å². The van der Waals surface area contributed by atoms with Crippen molar-refractivity contribution in [3.8, 4) is 0 Å². The van der Waals surface area contributed by atoms with Crippen molar-refractivity contribution in [3.63, 3.8) is 0 Å². The second kappa shape index (κ2) is 9.05. The number of amides is 3. The van der Waals surface area contributed by atoms with E-state index in [2.05, 4.69) is 16.0 Å². The van der Waals surface area contributed by atoms with Crippen LogP contribution < -0.4 is 16.0 Å². The summed E-state index contributed by atoms with van der Waals surface area (Å²) in [6, 6.07) is 8.39. The Kier molecular flexibility index (Phi) is 6.51. The molecule has 0 aromatic heterocycles. The van der Waals surface area contributed by atoms with Gasteiger partial charge in [0, 0.05) is 18.0 Å². The third-order valence-electron chi connectivity index (χ3n) is 5.03. The summed E-state index contributed by atoms with van der Waals surface area (Å²) < 4.78 is 5.20. The van der Waals surface area contributed by atoms with Gasteiger partial charge in [-0.1, -0.05) is 30.3 Å². The van der Waals surface area contributed by atoms with Crippen LogP contribution in [0.5, 0.6) is 0 Å². The molecule has 2 aliphatic rings. The minimum atomic E-state index is -1.45. The van der Waals surface area contributed by atoms with E-state index in [0.29, 0.717) is 6.42 Å². The Labute approximate surface area is 164 Å². The maximum atomic E-state index is 12.3. The summed E-state index contributed by atoms with van der Waals surface area (Å²) in [6.07, 6.45) is 0.339. The lowest BCUT2D eigenvalue weighted by molar-refractivity contribution is -0.132. The number of ether oxygens (including phenoxy) is 1. The van der Waals surface area contributed by atoms with Gasteiger partial charge in [-0.05, 0) is 38.2 Å². The molecule has 0 radical (unpaired) electrons. The van der Waals surface area contributed by atoms with Crippen molar-refractivity contribution >= 4 is 17.9 Å². The number of carbonyl (C=O) groups excluding carboxylic acids is 3. The zero-order valence-corrected chi connectivity index (χ0v) is 15.9. The van der Waals surface area contributed by atoms with Crippen molar-refractivity contribution in [2.24, 2.45) is 5.92 Å². The van der Waals surface area contributed by atoms with E-state index in [1.165, 1.54) is 0 Å². The molecule has 152 valence electrons. The lowest BCUT2D eigenvalue weighted by Crippen LogP contribution is -2.52. The third-order valence-corrected chi connectivity index (χ3v) is 5.03. The average molecular weight is 389 g/mol. The molecule has 28 heavy (non-hydrogen) atoms. The van der Waals surface area contributed by atoms with Gasteiger partial charge in [-0.2, -0.15) is 0 Å². The molecule has 3 rings (SSSR count). The average Bonchev–Trinajstić information content (AvgIpc) is 3.43. The molecule has 8 heteroatoms. The number of aliphatic hydroxyl groups is 1. The number of hydrogen-bond acceptors (Lipinski definition) is 5. The molecule has 0 spiro atoms. The van der Waals surface area contributed by atoms with Crippen LogP contribution >= 0.6 is 0 Å². The fourth-order valence-electron chi connectivity index (χ4n) is 3.34. The van der Waals surface area contributed by atoms with Gasteiger partial charge in [0.25, 0.3) is 5.91 Å². The topological polar surface area (TPSA) is 117 Å². The quantitative estimate of drug-likeness (QED) is 0.526. The molecule has 2 fully saturated rings. The highest BCUT2D eigenvalue weighted by Crippen LogP contribution is 2.23. The molecule has 1 aliphatic carbocycles. The number of aliphatic hydroxyl groups excluding tert-OH is 1. The van der Waals surface area contributed by atoms with Crippen molar-refractivity contribution in [2.75, 3.05) is 0 Å². The smallest absolute Gasteiger partial charge is 0.407 e. The molecule has 1 aliphatic heterocycles. The predicted molar refractivity (Wildman–Crippen MR) is 101 cm³/mol. The van der Waals surface area contributed by atoms with E-state index in [4.69, 9.17) is 4.74 Å². The Hall–Kier alpha value is -2.61. The molecule has 8 nitrogen and oxygen atoms in total. The molecule has 1 saturated carbocycles. The van der Waals surface area contributed by atoms with Crippen LogP contribution in [-0.2, 0) is 20.9 Å². The van der Waals surface area contributed by atoms with Gasteiger partial charge in [-0.15, -0.1) is 0 Å². The molecule has 0 bridgehead atoms. The van der Waals surface area contributed by atoms with Crippen LogP contribution in [0.3, 0.4) is 0 Å². The van der Waals surface area contributed by atoms with E-state index < -0.39 is 24.1 Å². The van der Waals surface area contributed by atoms with Gasteiger partial charge in [-0.3, -0.25) is 9.59 Å². The summed E-state index contributed by atoms with van der Waals surface area (Å²) in [5.41, 5.74) is 0.824. The first-order chi connectivity index (χ1) is 13.4. The van der Waals surface area contributed by atoms with E-state index in [-0.39, 0.29) is 36.9 Å². The van der Waals surface area contributed by atoms with Gasteiger partial charge in [-0.25, -0.2) is 4.79 Å². The minimum absolute atomic E-state index is 0.0283. The van der Waals surface area contributed by atoms with Crippen molar-refractivity contribution in [1.82, 2.24) is 16.0 Å². The highest BCUT2D eigenvalue weighted by Gasteiger charge is 2.37. The van der Waals surface area contributed by atoms with Gasteiger partial charge < -0.3 is 25.8 Å². The first-order valence-electron chi connectivity index (χ1n) is 9.68. The Bertz CT molecular complexity index is 707. The first-order valence-corrected chi connectivity index (χ1v) is 9.68. The maximum absolute atomic E-state index is 12.3. The Morgan fingerprint density at radius 1 is 1.29 bits per heavy atom. The van der Waals surface area contributed by atoms with Crippen molar-refractivity contribution < 1.29 is 24.2 Å². The summed E-state index contributed by atoms with van der Waals surface area (Å²) in [5.74, 6) is -1.05. The second-order valence-corrected chi connectivity index (χ2v) is 7.62. The lowest BCUT2D eigenvalue weighted by atomic mass is 9.93. The van der Waals surface area contributed by atoms with E-state index in [1.54, 1.807) is 0 Å². The molecule has 1 saturated heterocycles. The highest BCUT2D eigenvalue weighted by molar-refractivity contribution is 5.84. The van der Waals surface area contributed by atoms with Gasteiger partial charge in [0.15, 0.2) is 6.10 Å². The van der Waals surface area contributed by atoms with E-state index in [0.717, 1.165) is 18.4 Å². The number of carbonyl (C=O) groups is 3. The van der Waals surface area contributed by atoms with Crippen LogP contribution in [-0.4, -0.2) is 47.2 Å². The molecule has 1 unspecified atom stereocenters. The third kappa shape index (κ3) is 5.69. The van der Waals surface area contributed by atoms with E-state index >= 15 is 0 Å². The fourth-order valence-corrected chi connectivity index (χ4v) is 3.34. The summed E-state index contributed by atoms with van der Waals surface area (Å²) in [7, 11) is 0. The number of rotatable bonds is 8. The molecular formula is C20H27N3O5. The molecular weight excluding hydrogens is 362 g/mol. The molecule has 1 aromatic carbocycles. The largest absolute Gasteiger partial charge is 0.445 e. The predicted octanol–water partition coefficient (Wildman–Crippen LogP) is 0.836. The Morgan fingerprint density at radius 2 is 2.00 bits per heavy atom. The monoisotopic (exact) mass is 389 g/mol. The molecule has 4 atom stereocenters. The fraction of sp³-hybridized carbons (Fsp3) is 0.550. The van der Waals surface area contributed by atoms with Crippen molar-refractivity contribution in [2.45, 2.75) is 63.4 Å². The lowest BCUT2D eigenvalue weighted by Gasteiger charge is -2.25. The summed E-state index contributed by atoms with van der Waals surface area (Å²) >= 11 is 0. The van der Waals surface area contributed by atoms with E-state index in [9.17, 15) is 19.5 Å². The van der Waals surface area contributed by atoms with Gasteiger partial charge in [0.1, 0.15) is 6.61 Å². The Balaban J connectivity index is 1.59. The zero-order valence-electron chi connectivity index (χ0n) is 15.9. The SMILES string of the molecule is C[C@@H]1C[C@@H](C[C@H](NC(=O)OCc2ccccc2)C(O)C(=O)NC2CC2)C(=O)N1. The second-order valence-electron chi connectivity index (χ2n) is 7.62. The zero-order chi connectivity index (χ0) is 20.1. The summed E-state index contributed by atoms with van der Waals surface area (Å²) in [4.78, 5) is 36.6. The van der Waals surface area contributed by atoms with Crippen LogP contribution in [0.15, 0.2) is 30.3 Å². The molecule has 1 aromatic rings. The van der Waals surface area contributed by atoms with Crippen molar-refractivity contribution in [3.05, 3.63) is 35.9 Å². The van der Waals surface area contributed by atoms with Crippen LogP contribution in [0, 0.1) is 5.92 Å². The number of hydrogen-bond donors (Lipinski definition) is 4. The molecule has 1 heterocycles. The van der Waals surface area contributed by atoms with Gasteiger partial charge in [0.05, 0.1) is 6.04 Å². The van der Waals surface area contributed by atoms with Gasteiger partial charge in [0.2, 0.25) is 5.91 Å². The summed E-state index contributed by atoms with van der Waals surface area (Å²) in [5, 5.41) is 18.6. The highest BCUT2D eigenvalue weighted by atomic mass is 16.5. The Morgan fingerprint density at radius 3 is 2.61 bits per heavy atom. The van der Waals surface area contributed by atoms with Crippen molar-refractivity contribution in [1.29, 1.82) is 0 Å².